The van der Waals surface area contributed by atoms with Crippen molar-refractivity contribution in [3.63, 3.8) is 0 Å². The smallest absolute Gasteiger partial charge is 0.126 e. The number of hydrogen-bond donors (Lipinski definition) is 1. The summed E-state index contributed by atoms with van der Waals surface area (Å²) in [6, 6.07) is 0. The van der Waals surface area contributed by atoms with Crippen LogP contribution in [0.3, 0.4) is 0 Å². The number of imidazole rings is 1. The summed E-state index contributed by atoms with van der Waals surface area (Å²) < 4.78 is 2.20. The van der Waals surface area contributed by atoms with E-state index in [0.717, 1.165) is 36.7 Å². The molecule has 0 aliphatic rings. The van der Waals surface area contributed by atoms with E-state index in [9.17, 15) is 0 Å². The molecule has 2 N–H and O–H groups in total. The van der Waals surface area contributed by atoms with Gasteiger partial charge in [0.2, 0.25) is 0 Å². The van der Waals surface area contributed by atoms with E-state index in [1.807, 2.05) is 0 Å². The first kappa shape index (κ1) is 14.1. The van der Waals surface area contributed by atoms with Gasteiger partial charge in [-0.2, -0.15) is 0 Å². The summed E-state index contributed by atoms with van der Waals surface area (Å²) in [7, 11) is 0. The number of hydrogen-bond acceptors (Lipinski definition) is 2. The molecule has 0 bridgehead atoms. The molecule has 3 nitrogen and oxygen atoms in total. The zero-order valence-corrected chi connectivity index (χ0v) is 11.8. The minimum absolute atomic E-state index is 0.611. The van der Waals surface area contributed by atoms with E-state index in [2.05, 4.69) is 32.3 Å². The second-order valence-corrected chi connectivity index (χ2v) is 5.18. The number of anilines is 1. The van der Waals surface area contributed by atoms with Gasteiger partial charge in [0.1, 0.15) is 11.6 Å². The van der Waals surface area contributed by atoms with Crippen molar-refractivity contribution >= 4 is 5.82 Å². The van der Waals surface area contributed by atoms with Gasteiger partial charge in [-0.25, -0.2) is 4.98 Å². The molecular weight excluding hydrogens is 210 g/mol. The fourth-order valence-corrected chi connectivity index (χ4v) is 2.13. The lowest BCUT2D eigenvalue weighted by atomic mass is 10.1. The molecule has 17 heavy (non-hydrogen) atoms. The number of nitrogens with zero attached hydrogens (tertiary/aromatic N) is 2. The second-order valence-electron chi connectivity index (χ2n) is 5.18. The Morgan fingerprint density at radius 3 is 2.47 bits per heavy atom. The van der Waals surface area contributed by atoms with Crippen LogP contribution >= 0.6 is 0 Å². The number of aryl methyl sites for hydroxylation is 2. The van der Waals surface area contributed by atoms with Crippen LogP contribution in [0.5, 0.6) is 0 Å². The van der Waals surface area contributed by atoms with Crippen LogP contribution in [0.4, 0.5) is 5.82 Å². The fourth-order valence-electron chi connectivity index (χ4n) is 2.13. The first-order valence-electron chi connectivity index (χ1n) is 6.93. The summed E-state index contributed by atoms with van der Waals surface area (Å²) in [6.45, 7) is 9.79. The molecule has 1 rings (SSSR count). The standard InChI is InChI=1S/C14H27N3/c1-5-7-8-9-12-14(15)17(10-11(3)4)13(6-2)16-12/h11H,5-10,15H2,1-4H3. The lowest BCUT2D eigenvalue weighted by Gasteiger charge is -2.11. The normalized spacial score (nSPS) is 11.4. The van der Waals surface area contributed by atoms with Crippen LogP contribution in [-0.4, -0.2) is 9.55 Å². The maximum atomic E-state index is 6.21. The molecule has 3 heteroatoms. The number of rotatable bonds is 7. The van der Waals surface area contributed by atoms with Crippen LogP contribution in [0.2, 0.25) is 0 Å². The van der Waals surface area contributed by atoms with Crippen molar-refractivity contribution in [1.29, 1.82) is 0 Å². The third-order valence-corrected chi connectivity index (χ3v) is 3.04. The number of nitrogen functional groups attached to an aromatic ring is 1. The topological polar surface area (TPSA) is 43.8 Å². The highest BCUT2D eigenvalue weighted by Gasteiger charge is 2.13. The van der Waals surface area contributed by atoms with Crippen molar-refractivity contribution in [2.24, 2.45) is 5.92 Å². The molecule has 0 spiro atoms. The predicted molar refractivity (Wildman–Crippen MR) is 74.1 cm³/mol. The van der Waals surface area contributed by atoms with E-state index in [0.29, 0.717) is 5.92 Å². The minimum atomic E-state index is 0.611. The van der Waals surface area contributed by atoms with Crippen LogP contribution < -0.4 is 5.73 Å². The van der Waals surface area contributed by atoms with Crippen molar-refractivity contribution in [3.8, 4) is 0 Å². The summed E-state index contributed by atoms with van der Waals surface area (Å²) in [5.41, 5.74) is 7.32. The predicted octanol–water partition coefficient (Wildman–Crippen LogP) is 3.42. The van der Waals surface area contributed by atoms with Crippen LogP contribution in [-0.2, 0) is 19.4 Å². The van der Waals surface area contributed by atoms with Gasteiger partial charge in [-0.05, 0) is 18.8 Å². The van der Waals surface area contributed by atoms with Gasteiger partial charge in [-0.15, -0.1) is 0 Å². The summed E-state index contributed by atoms with van der Waals surface area (Å²) in [5, 5.41) is 0. The highest BCUT2D eigenvalue weighted by atomic mass is 15.1. The van der Waals surface area contributed by atoms with Gasteiger partial charge in [0.25, 0.3) is 0 Å². The Balaban J connectivity index is 2.81. The molecule has 0 atom stereocenters. The second kappa shape index (κ2) is 6.67. The van der Waals surface area contributed by atoms with Crippen LogP contribution in [0.1, 0.15) is 58.5 Å². The van der Waals surface area contributed by atoms with E-state index in [1.165, 1.54) is 19.3 Å². The Bertz CT molecular complexity index is 339. The molecule has 0 aromatic carbocycles. The molecule has 0 radical (unpaired) electrons. The Hall–Kier alpha value is -0.990. The number of unbranched alkanes of at least 4 members (excludes halogenated alkanes) is 2. The monoisotopic (exact) mass is 237 g/mol. The maximum Gasteiger partial charge on any atom is 0.126 e. The molecule has 1 aromatic heterocycles. The third-order valence-electron chi connectivity index (χ3n) is 3.04. The molecule has 1 aromatic rings. The van der Waals surface area contributed by atoms with Crippen LogP contribution in [0, 0.1) is 5.92 Å². The zero-order chi connectivity index (χ0) is 12.8. The molecule has 0 fully saturated rings. The van der Waals surface area contributed by atoms with Crippen LogP contribution in [0.15, 0.2) is 0 Å². The lowest BCUT2D eigenvalue weighted by Crippen LogP contribution is -2.11. The van der Waals surface area contributed by atoms with Gasteiger partial charge in [0, 0.05) is 13.0 Å². The van der Waals surface area contributed by atoms with Gasteiger partial charge >= 0.3 is 0 Å². The first-order chi connectivity index (χ1) is 8.10. The molecular formula is C14H27N3. The molecule has 0 saturated heterocycles. The first-order valence-corrected chi connectivity index (χ1v) is 6.93. The Kier molecular flexibility index (Phi) is 5.52. The van der Waals surface area contributed by atoms with E-state index in [-0.39, 0.29) is 0 Å². The summed E-state index contributed by atoms with van der Waals surface area (Å²) in [5.74, 6) is 2.65. The SMILES string of the molecule is CCCCCc1nc(CC)n(CC(C)C)c1N. The lowest BCUT2D eigenvalue weighted by molar-refractivity contribution is 0.513. The highest BCUT2D eigenvalue weighted by Crippen LogP contribution is 2.19. The summed E-state index contributed by atoms with van der Waals surface area (Å²) in [6.07, 6.45) is 5.69. The molecule has 0 aliphatic carbocycles. The van der Waals surface area contributed by atoms with Gasteiger partial charge < -0.3 is 10.3 Å². The fraction of sp³-hybridized carbons (Fsp3) is 0.786. The zero-order valence-electron chi connectivity index (χ0n) is 11.8. The van der Waals surface area contributed by atoms with Crippen LogP contribution in [0.25, 0.3) is 0 Å². The Labute approximate surface area is 105 Å². The molecule has 1 heterocycles. The number of aromatic nitrogens is 2. The Morgan fingerprint density at radius 1 is 1.24 bits per heavy atom. The third kappa shape index (κ3) is 3.76. The van der Waals surface area contributed by atoms with Crippen molar-refractivity contribution in [3.05, 3.63) is 11.5 Å². The highest BCUT2D eigenvalue weighted by molar-refractivity contribution is 5.38. The van der Waals surface area contributed by atoms with Crippen molar-refractivity contribution in [1.82, 2.24) is 9.55 Å². The van der Waals surface area contributed by atoms with Gasteiger partial charge in [0.15, 0.2) is 0 Å². The van der Waals surface area contributed by atoms with E-state index < -0.39 is 0 Å². The number of nitrogens with two attached hydrogens (primary N) is 1. The summed E-state index contributed by atoms with van der Waals surface area (Å²) >= 11 is 0. The van der Waals surface area contributed by atoms with Gasteiger partial charge in [-0.1, -0.05) is 40.5 Å². The minimum Gasteiger partial charge on any atom is -0.384 e. The molecule has 0 aliphatic heterocycles. The molecule has 0 unspecified atom stereocenters. The average Bonchev–Trinajstić information content (AvgIpc) is 2.57. The van der Waals surface area contributed by atoms with Gasteiger partial charge in [0.05, 0.1) is 5.69 Å². The quantitative estimate of drug-likeness (QED) is 0.738. The molecule has 0 amide bonds. The van der Waals surface area contributed by atoms with Crippen molar-refractivity contribution < 1.29 is 0 Å². The summed E-state index contributed by atoms with van der Waals surface area (Å²) in [4.78, 5) is 4.69. The Morgan fingerprint density at radius 2 is 1.94 bits per heavy atom. The van der Waals surface area contributed by atoms with E-state index in [4.69, 9.17) is 10.7 Å². The van der Waals surface area contributed by atoms with E-state index >= 15 is 0 Å². The largest absolute Gasteiger partial charge is 0.384 e. The van der Waals surface area contributed by atoms with Crippen molar-refractivity contribution in [2.45, 2.75) is 66.3 Å². The van der Waals surface area contributed by atoms with E-state index in [1.54, 1.807) is 0 Å². The average molecular weight is 237 g/mol. The van der Waals surface area contributed by atoms with Crippen molar-refractivity contribution in [2.75, 3.05) is 5.73 Å². The van der Waals surface area contributed by atoms with Gasteiger partial charge in [-0.3, -0.25) is 0 Å². The molecule has 0 saturated carbocycles. The maximum absolute atomic E-state index is 6.21. The molecule has 98 valence electrons.